The number of carboxylic acids is 1. The molecule has 21 heavy (non-hydrogen) atoms. The van der Waals surface area contributed by atoms with Crippen LogP contribution in [-0.4, -0.2) is 11.1 Å². The normalized spacial score (nSPS) is 9.95. The summed E-state index contributed by atoms with van der Waals surface area (Å²) in [5.41, 5.74) is 8.36. The molecule has 0 heterocycles. The molecule has 2 aromatic rings. The Hall–Kier alpha value is -3.00. The average molecular weight is 282 g/mol. The fourth-order valence-corrected chi connectivity index (χ4v) is 2.06. The fourth-order valence-electron chi connectivity index (χ4n) is 2.06. The lowest BCUT2D eigenvalue weighted by molar-refractivity contribution is 0.0697. The number of hydrogen-bond donors (Lipinski definition) is 2. The monoisotopic (exact) mass is 282 g/mol. The summed E-state index contributed by atoms with van der Waals surface area (Å²) in [6.45, 7) is 3.68. The third kappa shape index (κ3) is 2.95. The van der Waals surface area contributed by atoms with Gasteiger partial charge in [-0.05, 0) is 55.3 Å². The number of nitrogens with two attached hydrogens (primary N) is 1. The van der Waals surface area contributed by atoms with Crippen molar-refractivity contribution in [3.8, 4) is 17.6 Å². The number of nitrogen functional groups attached to an aromatic ring is 1. The van der Waals surface area contributed by atoms with Gasteiger partial charge in [0.15, 0.2) is 0 Å². The highest BCUT2D eigenvalue weighted by Gasteiger charge is 2.11. The first kappa shape index (κ1) is 14.4. The lowest BCUT2D eigenvalue weighted by Gasteiger charge is -2.14. The first-order valence-corrected chi connectivity index (χ1v) is 6.24. The molecule has 0 saturated carbocycles. The van der Waals surface area contributed by atoms with Gasteiger partial charge in [0.2, 0.25) is 0 Å². The van der Waals surface area contributed by atoms with Gasteiger partial charge in [-0.3, -0.25) is 0 Å². The number of carbonyl (C=O) groups is 1. The second kappa shape index (κ2) is 5.55. The molecule has 0 bridgehead atoms. The van der Waals surface area contributed by atoms with E-state index in [1.165, 1.54) is 18.2 Å². The Labute approximate surface area is 122 Å². The van der Waals surface area contributed by atoms with E-state index in [0.717, 1.165) is 11.1 Å². The van der Waals surface area contributed by atoms with Crippen molar-refractivity contribution in [2.45, 2.75) is 13.8 Å². The van der Waals surface area contributed by atoms with Crippen LogP contribution in [0.5, 0.6) is 11.5 Å². The van der Waals surface area contributed by atoms with Crippen LogP contribution >= 0.6 is 0 Å². The minimum Gasteiger partial charge on any atom is -0.478 e. The van der Waals surface area contributed by atoms with Crippen LogP contribution in [0.15, 0.2) is 30.3 Å². The summed E-state index contributed by atoms with van der Waals surface area (Å²) in [6, 6.07) is 9.85. The van der Waals surface area contributed by atoms with Crippen molar-refractivity contribution in [3.05, 3.63) is 52.6 Å². The number of rotatable bonds is 3. The molecule has 0 aliphatic carbocycles. The number of nitriles is 1. The summed E-state index contributed by atoms with van der Waals surface area (Å²) in [5, 5.41) is 17.8. The second-order valence-corrected chi connectivity index (χ2v) is 4.71. The second-order valence-electron chi connectivity index (χ2n) is 4.71. The Bertz CT molecular complexity index is 738. The van der Waals surface area contributed by atoms with Gasteiger partial charge in [0.05, 0.1) is 22.9 Å². The van der Waals surface area contributed by atoms with E-state index in [4.69, 9.17) is 20.8 Å². The van der Waals surface area contributed by atoms with E-state index in [1.54, 1.807) is 12.1 Å². The van der Waals surface area contributed by atoms with Crippen molar-refractivity contribution in [2.24, 2.45) is 0 Å². The quantitative estimate of drug-likeness (QED) is 0.842. The summed E-state index contributed by atoms with van der Waals surface area (Å²) >= 11 is 0. The molecule has 106 valence electrons. The van der Waals surface area contributed by atoms with Gasteiger partial charge >= 0.3 is 5.97 Å². The van der Waals surface area contributed by atoms with Crippen molar-refractivity contribution >= 4 is 11.7 Å². The van der Waals surface area contributed by atoms with E-state index in [9.17, 15) is 4.79 Å². The van der Waals surface area contributed by atoms with Crippen LogP contribution in [0, 0.1) is 25.2 Å². The number of ether oxygens (including phenoxy) is 1. The fraction of sp³-hybridized carbons (Fsp3) is 0.125. The maximum atomic E-state index is 10.9. The van der Waals surface area contributed by atoms with Crippen LogP contribution in [0.3, 0.4) is 0 Å². The van der Waals surface area contributed by atoms with Crippen molar-refractivity contribution < 1.29 is 14.6 Å². The molecule has 0 spiro atoms. The van der Waals surface area contributed by atoms with Crippen LogP contribution in [-0.2, 0) is 0 Å². The molecule has 0 radical (unpaired) electrons. The average Bonchev–Trinajstić information content (AvgIpc) is 2.43. The van der Waals surface area contributed by atoms with E-state index in [2.05, 4.69) is 6.07 Å². The van der Waals surface area contributed by atoms with Crippen molar-refractivity contribution in [1.82, 2.24) is 0 Å². The van der Waals surface area contributed by atoms with Crippen LogP contribution in [0.4, 0.5) is 5.69 Å². The van der Waals surface area contributed by atoms with Crippen LogP contribution in [0.1, 0.15) is 27.0 Å². The van der Waals surface area contributed by atoms with Gasteiger partial charge < -0.3 is 15.6 Å². The molecule has 5 heteroatoms. The summed E-state index contributed by atoms with van der Waals surface area (Å²) < 4.78 is 5.78. The SMILES string of the molecule is Cc1cc(C#N)cc(C)c1Oc1ccc(C(=O)O)cc1N. The maximum Gasteiger partial charge on any atom is 0.335 e. The predicted molar refractivity (Wildman–Crippen MR) is 78.5 cm³/mol. The van der Waals surface area contributed by atoms with E-state index in [1.807, 2.05) is 13.8 Å². The molecule has 0 amide bonds. The van der Waals surface area contributed by atoms with Crippen molar-refractivity contribution in [3.63, 3.8) is 0 Å². The Morgan fingerprint density at radius 1 is 1.24 bits per heavy atom. The van der Waals surface area contributed by atoms with E-state index >= 15 is 0 Å². The van der Waals surface area contributed by atoms with Crippen LogP contribution in [0.2, 0.25) is 0 Å². The van der Waals surface area contributed by atoms with E-state index < -0.39 is 5.97 Å². The summed E-state index contributed by atoms with van der Waals surface area (Å²) in [5.74, 6) is -0.0429. The highest BCUT2D eigenvalue weighted by Crippen LogP contribution is 2.33. The molecule has 2 aromatic carbocycles. The molecular formula is C16H14N2O3. The zero-order valence-electron chi connectivity index (χ0n) is 11.7. The van der Waals surface area contributed by atoms with Gasteiger partial charge in [0, 0.05) is 0 Å². The third-order valence-electron chi connectivity index (χ3n) is 3.06. The minimum atomic E-state index is -1.04. The molecule has 2 rings (SSSR count). The van der Waals surface area contributed by atoms with Crippen molar-refractivity contribution in [2.75, 3.05) is 5.73 Å². The standard InChI is InChI=1S/C16H14N2O3/c1-9-5-11(8-17)6-10(2)15(9)21-14-4-3-12(16(19)20)7-13(14)18/h3-7H,18H2,1-2H3,(H,19,20). The Morgan fingerprint density at radius 2 is 1.86 bits per heavy atom. The third-order valence-corrected chi connectivity index (χ3v) is 3.06. The molecule has 0 fully saturated rings. The Kier molecular flexibility index (Phi) is 3.81. The van der Waals surface area contributed by atoms with Gasteiger partial charge in [0.1, 0.15) is 11.5 Å². The van der Waals surface area contributed by atoms with Gasteiger partial charge in [0.25, 0.3) is 0 Å². The number of anilines is 1. The molecular weight excluding hydrogens is 268 g/mol. The summed E-state index contributed by atoms with van der Waals surface area (Å²) in [4.78, 5) is 10.9. The number of nitrogens with zero attached hydrogens (tertiary/aromatic N) is 1. The van der Waals surface area contributed by atoms with Gasteiger partial charge in [-0.25, -0.2) is 4.79 Å². The number of benzene rings is 2. The summed E-state index contributed by atoms with van der Waals surface area (Å²) in [7, 11) is 0. The Morgan fingerprint density at radius 3 is 2.33 bits per heavy atom. The number of hydrogen-bond acceptors (Lipinski definition) is 4. The van der Waals surface area contributed by atoms with Crippen LogP contribution < -0.4 is 10.5 Å². The number of aryl methyl sites for hydroxylation is 2. The summed E-state index contributed by atoms with van der Waals surface area (Å²) in [6.07, 6.45) is 0. The maximum absolute atomic E-state index is 10.9. The zero-order chi connectivity index (χ0) is 15.6. The predicted octanol–water partition coefficient (Wildman–Crippen LogP) is 3.25. The molecule has 3 N–H and O–H groups in total. The topological polar surface area (TPSA) is 96.3 Å². The molecule has 0 aromatic heterocycles. The smallest absolute Gasteiger partial charge is 0.335 e. The number of aromatic carboxylic acids is 1. The van der Waals surface area contributed by atoms with Crippen LogP contribution in [0.25, 0.3) is 0 Å². The lowest BCUT2D eigenvalue weighted by Crippen LogP contribution is -2.00. The lowest BCUT2D eigenvalue weighted by atomic mass is 10.1. The molecule has 0 saturated heterocycles. The number of carboxylic acid groups (broad SMARTS) is 1. The first-order valence-electron chi connectivity index (χ1n) is 6.24. The zero-order valence-corrected chi connectivity index (χ0v) is 11.7. The first-order chi connectivity index (χ1) is 9.92. The van der Waals surface area contributed by atoms with Gasteiger partial charge in [-0.1, -0.05) is 0 Å². The molecule has 0 aliphatic heterocycles. The van der Waals surface area contributed by atoms with E-state index in [-0.39, 0.29) is 11.3 Å². The molecule has 5 nitrogen and oxygen atoms in total. The highest BCUT2D eigenvalue weighted by atomic mass is 16.5. The van der Waals surface area contributed by atoms with Gasteiger partial charge in [-0.2, -0.15) is 5.26 Å². The molecule has 0 unspecified atom stereocenters. The largest absolute Gasteiger partial charge is 0.478 e. The molecule has 0 atom stereocenters. The minimum absolute atomic E-state index is 0.105. The highest BCUT2D eigenvalue weighted by molar-refractivity contribution is 5.89. The van der Waals surface area contributed by atoms with E-state index in [0.29, 0.717) is 17.1 Å². The molecule has 0 aliphatic rings. The van der Waals surface area contributed by atoms with Gasteiger partial charge in [-0.15, -0.1) is 0 Å². The van der Waals surface area contributed by atoms with Crippen molar-refractivity contribution in [1.29, 1.82) is 5.26 Å². The Balaban J connectivity index is 2.39.